The molecule has 174 valence electrons. The molecule has 0 saturated heterocycles. The highest BCUT2D eigenvalue weighted by atomic mass is 35.5. The van der Waals surface area contributed by atoms with E-state index in [1.807, 2.05) is 0 Å². The van der Waals surface area contributed by atoms with Crippen molar-refractivity contribution in [3.05, 3.63) is 44.2 Å². The van der Waals surface area contributed by atoms with Gasteiger partial charge < -0.3 is 18.7 Å². The third-order valence-corrected chi connectivity index (χ3v) is 7.74. The number of carbonyl (C=O) groups is 2. The summed E-state index contributed by atoms with van der Waals surface area (Å²) in [6.45, 7) is 2.84. The minimum Gasteiger partial charge on any atom is -0.492 e. The molecule has 13 heteroatoms. The van der Waals surface area contributed by atoms with Gasteiger partial charge in [-0.15, -0.1) is 11.3 Å². The maximum atomic E-state index is 13.2. The Bertz CT molecular complexity index is 1380. The molecule has 0 radical (unpaired) electrons. The number of rotatable bonds is 8. The van der Waals surface area contributed by atoms with Crippen molar-refractivity contribution in [1.29, 1.82) is 0 Å². The van der Waals surface area contributed by atoms with Gasteiger partial charge in [0.05, 0.1) is 12.0 Å². The number of halogens is 1. The molecule has 4 rings (SSSR count). The zero-order valence-electron chi connectivity index (χ0n) is 17.6. The number of thiophene rings is 1. The van der Waals surface area contributed by atoms with Crippen molar-refractivity contribution in [2.24, 2.45) is 0 Å². The van der Waals surface area contributed by atoms with Gasteiger partial charge in [0.2, 0.25) is 12.5 Å². The third kappa shape index (κ3) is 4.16. The van der Waals surface area contributed by atoms with E-state index in [1.54, 1.807) is 6.92 Å². The molecular formula is C20H17ClN2O8S2. The van der Waals surface area contributed by atoms with Gasteiger partial charge in [0.1, 0.15) is 15.6 Å². The van der Waals surface area contributed by atoms with Crippen LogP contribution >= 0.6 is 22.9 Å². The minimum atomic E-state index is -4.22. The van der Waals surface area contributed by atoms with Crippen LogP contribution in [0.2, 0.25) is 5.02 Å². The quantitative estimate of drug-likeness (QED) is 0.446. The van der Waals surface area contributed by atoms with Crippen LogP contribution in [0.25, 0.3) is 0 Å². The monoisotopic (exact) mass is 512 g/mol. The number of nitrogens with zero attached hydrogens (tertiary/aromatic N) is 1. The number of ketones is 2. The van der Waals surface area contributed by atoms with Crippen LogP contribution < -0.4 is 18.9 Å². The lowest BCUT2D eigenvalue weighted by atomic mass is 9.97. The number of sulfonamides is 1. The highest BCUT2D eigenvalue weighted by Crippen LogP contribution is 2.45. The number of ether oxygens (including phenoxy) is 3. The van der Waals surface area contributed by atoms with Crippen LogP contribution in [0.15, 0.2) is 26.9 Å². The lowest BCUT2D eigenvalue weighted by Gasteiger charge is -2.14. The predicted octanol–water partition coefficient (Wildman–Crippen LogP) is 3.86. The number of aromatic nitrogens is 1. The molecule has 1 aromatic carbocycles. The molecule has 0 unspecified atom stereocenters. The SMILES string of the molecule is COc1c(CC(=O)c2sccc2S(=O)(=O)Nc2onc(C)c2Cl)c(C(C)=O)cc2c1OCO2. The van der Waals surface area contributed by atoms with E-state index in [1.165, 1.54) is 31.5 Å². The highest BCUT2D eigenvalue weighted by Gasteiger charge is 2.31. The number of methoxy groups -OCH3 is 1. The molecule has 1 N–H and O–H groups in total. The third-order valence-electron chi connectivity index (χ3n) is 4.83. The van der Waals surface area contributed by atoms with E-state index in [9.17, 15) is 18.0 Å². The summed E-state index contributed by atoms with van der Waals surface area (Å²) in [6, 6.07) is 2.78. The Labute approximate surface area is 197 Å². The van der Waals surface area contributed by atoms with Gasteiger partial charge in [-0.2, -0.15) is 0 Å². The Balaban J connectivity index is 1.70. The Morgan fingerprint density at radius 2 is 2.09 bits per heavy atom. The van der Waals surface area contributed by atoms with Crippen molar-refractivity contribution in [3.63, 3.8) is 0 Å². The van der Waals surface area contributed by atoms with E-state index in [0.29, 0.717) is 11.4 Å². The summed E-state index contributed by atoms with van der Waals surface area (Å²) in [5, 5.41) is 5.08. The van der Waals surface area contributed by atoms with E-state index in [4.69, 9.17) is 30.3 Å². The van der Waals surface area contributed by atoms with E-state index >= 15 is 0 Å². The number of carbonyl (C=O) groups excluding carboxylic acids is 2. The Morgan fingerprint density at radius 1 is 1.33 bits per heavy atom. The van der Waals surface area contributed by atoms with E-state index in [0.717, 1.165) is 11.3 Å². The number of aryl methyl sites for hydroxylation is 1. The Morgan fingerprint density at radius 3 is 2.73 bits per heavy atom. The maximum absolute atomic E-state index is 13.2. The second-order valence-corrected chi connectivity index (χ2v) is 9.90. The van der Waals surface area contributed by atoms with Crippen molar-refractivity contribution < 1.29 is 36.7 Å². The Hall–Kier alpha value is -3.09. The fourth-order valence-electron chi connectivity index (χ4n) is 3.31. The molecule has 1 aliphatic rings. The summed E-state index contributed by atoms with van der Waals surface area (Å²) < 4.78 is 49.2. The van der Waals surface area contributed by atoms with Crippen molar-refractivity contribution in [1.82, 2.24) is 5.16 Å². The summed E-state index contributed by atoms with van der Waals surface area (Å²) in [7, 11) is -2.84. The van der Waals surface area contributed by atoms with Crippen LogP contribution in [0.4, 0.5) is 5.88 Å². The standard InChI is InChI=1S/C20H17ClN2O8S2/c1-9-16(21)20(31-22-9)23-33(26,27)15-4-5-32-19(15)13(25)6-12-11(10(2)24)7-14-18(17(12)28-3)30-8-29-14/h4-5,7,23H,6,8H2,1-3H3. The van der Waals surface area contributed by atoms with Gasteiger partial charge in [-0.25, -0.2) is 13.1 Å². The van der Waals surface area contributed by atoms with Crippen molar-refractivity contribution in [2.75, 3.05) is 18.6 Å². The summed E-state index contributed by atoms with van der Waals surface area (Å²) >= 11 is 6.94. The first-order valence-electron chi connectivity index (χ1n) is 9.39. The van der Waals surface area contributed by atoms with Crippen LogP contribution in [0, 0.1) is 6.92 Å². The molecule has 10 nitrogen and oxygen atoms in total. The highest BCUT2D eigenvalue weighted by molar-refractivity contribution is 7.93. The average Bonchev–Trinajstić information content (AvgIpc) is 3.50. The van der Waals surface area contributed by atoms with Gasteiger partial charge in [0, 0.05) is 17.5 Å². The van der Waals surface area contributed by atoms with Gasteiger partial charge in [-0.1, -0.05) is 16.8 Å². The fraction of sp³-hybridized carbons (Fsp3) is 0.250. The molecule has 1 aliphatic heterocycles. The smallest absolute Gasteiger partial charge is 0.265 e. The van der Waals surface area contributed by atoms with E-state index < -0.39 is 15.8 Å². The number of hydrogen-bond donors (Lipinski definition) is 1. The molecule has 0 saturated carbocycles. The van der Waals surface area contributed by atoms with Gasteiger partial charge in [0.15, 0.2) is 23.1 Å². The van der Waals surface area contributed by atoms with Gasteiger partial charge in [0.25, 0.3) is 15.9 Å². The first kappa shape index (κ1) is 23.1. The summed E-state index contributed by atoms with van der Waals surface area (Å²) in [6.07, 6.45) is -0.306. The number of hydrogen-bond acceptors (Lipinski definition) is 10. The summed E-state index contributed by atoms with van der Waals surface area (Å²) in [5.74, 6) is -0.311. The number of nitrogens with one attached hydrogen (secondary N) is 1. The molecule has 3 aromatic rings. The first-order valence-corrected chi connectivity index (χ1v) is 12.1. The second-order valence-electron chi connectivity index (χ2n) is 6.96. The molecule has 33 heavy (non-hydrogen) atoms. The van der Waals surface area contributed by atoms with Crippen LogP contribution in [0.5, 0.6) is 17.2 Å². The lowest BCUT2D eigenvalue weighted by Crippen LogP contribution is -2.16. The number of benzene rings is 1. The van der Waals surface area contributed by atoms with E-state index in [2.05, 4.69) is 9.88 Å². The van der Waals surface area contributed by atoms with Gasteiger partial charge in [-0.05, 0) is 31.4 Å². The molecule has 3 heterocycles. The normalized spacial score (nSPS) is 12.6. The van der Waals surface area contributed by atoms with Crippen LogP contribution in [0.3, 0.4) is 0 Å². The second kappa shape index (κ2) is 8.69. The summed E-state index contributed by atoms with van der Waals surface area (Å²) in [5.41, 5.74) is 0.799. The van der Waals surface area contributed by atoms with Crippen molar-refractivity contribution >= 4 is 50.4 Å². The number of fused-ring (bicyclic) bond motifs is 1. The van der Waals surface area contributed by atoms with Gasteiger partial charge >= 0.3 is 0 Å². The minimum absolute atomic E-state index is 0.0119. The molecule has 0 aliphatic carbocycles. The molecule has 0 spiro atoms. The molecular weight excluding hydrogens is 496 g/mol. The van der Waals surface area contributed by atoms with Crippen LogP contribution in [0.1, 0.15) is 38.2 Å². The average molecular weight is 513 g/mol. The van der Waals surface area contributed by atoms with Crippen LogP contribution in [-0.2, 0) is 16.4 Å². The zero-order valence-corrected chi connectivity index (χ0v) is 19.9. The molecule has 0 atom stereocenters. The largest absolute Gasteiger partial charge is 0.492 e. The van der Waals surface area contributed by atoms with Crippen molar-refractivity contribution in [2.45, 2.75) is 25.2 Å². The number of Topliss-reactive ketones (excluding diaryl/α,β-unsaturated/α-hetero) is 2. The predicted molar refractivity (Wildman–Crippen MR) is 119 cm³/mol. The van der Waals surface area contributed by atoms with Crippen LogP contribution in [-0.4, -0.2) is 39.0 Å². The van der Waals surface area contributed by atoms with Gasteiger partial charge in [-0.3, -0.25) is 9.59 Å². The molecule has 0 fully saturated rings. The first-order chi connectivity index (χ1) is 15.6. The molecule has 2 aromatic heterocycles. The maximum Gasteiger partial charge on any atom is 0.265 e. The molecule has 0 amide bonds. The van der Waals surface area contributed by atoms with E-state index in [-0.39, 0.29) is 62.3 Å². The molecule has 0 bridgehead atoms. The summed E-state index contributed by atoms with van der Waals surface area (Å²) in [4.78, 5) is 25.2. The Kier molecular flexibility index (Phi) is 6.08. The van der Waals surface area contributed by atoms with Crippen molar-refractivity contribution in [3.8, 4) is 17.2 Å². The lowest BCUT2D eigenvalue weighted by molar-refractivity contribution is 0.0992. The number of anilines is 1. The zero-order chi connectivity index (χ0) is 23.9. The fourth-order valence-corrected chi connectivity index (χ4v) is 5.87. The topological polar surface area (TPSA) is 134 Å².